The number of rotatable bonds is 5. The fraction of sp³-hybridized carbons (Fsp3) is 0.321. The summed E-state index contributed by atoms with van der Waals surface area (Å²) in [5.41, 5.74) is -0.303. The van der Waals surface area contributed by atoms with Gasteiger partial charge in [0.05, 0.1) is 38.1 Å². The molecule has 1 saturated heterocycles. The van der Waals surface area contributed by atoms with Crippen LogP contribution >= 0.6 is 0 Å². The van der Waals surface area contributed by atoms with Gasteiger partial charge in [-0.3, -0.25) is 0 Å². The van der Waals surface area contributed by atoms with E-state index in [0.717, 1.165) is 6.07 Å². The van der Waals surface area contributed by atoms with Gasteiger partial charge < -0.3 is 23.5 Å². The Morgan fingerprint density at radius 1 is 0.711 bits per heavy atom. The van der Waals surface area contributed by atoms with E-state index in [4.69, 9.17) is 18.8 Å². The molecule has 0 amide bonds. The van der Waals surface area contributed by atoms with Crippen molar-refractivity contribution in [1.29, 1.82) is 0 Å². The molecule has 0 spiro atoms. The Morgan fingerprint density at radius 3 is 1.63 bits per heavy atom. The van der Waals surface area contributed by atoms with E-state index < -0.39 is 35.9 Å². The van der Waals surface area contributed by atoms with E-state index in [1.54, 1.807) is 12.1 Å². The van der Waals surface area contributed by atoms with Crippen molar-refractivity contribution in [3.63, 3.8) is 0 Å². The summed E-state index contributed by atoms with van der Waals surface area (Å²) in [4.78, 5) is 11.3. The molecular formula is C28H30BF3O6. The third-order valence-corrected chi connectivity index (χ3v) is 6.57. The molecule has 0 atom stereocenters. The lowest BCUT2D eigenvalue weighted by molar-refractivity contribution is 0.00578. The van der Waals surface area contributed by atoms with Crippen LogP contribution in [0.3, 0.4) is 0 Å². The molecule has 0 unspecified atom stereocenters. The van der Waals surface area contributed by atoms with Gasteiger partial charge in [-0.15, -0.1) is 0 Å². The topological polar surface area (TPSA) is 63.2 Å². The minimum absolute atomic E-state index is 0.0674. The van der Waals surface area contributed by atoms with Crippen LogP contribution < -0.4 is 14.9 Å². The molecule has 0 radical (unpaired) electrons. The van der Waals surface area contributed by atoms with Crippen molar-refractivity contribution in [3.8, 4) is 22.6 Å². The number of benzene rings is 3. The largest absolute Gasteiger partial charge is 0.497 e. The molecule has 0 aliphatic carbocycles. The Hall–Kier alpha value is -3.50. The van der Waals surface area contributed by atoms with Crippen molar-refractivity contribution in [1.82, 2.24) is 0 Å². The SMILES string of the molecule is COC(=O)c1ccc(-c2ccc(OC)cc2F)c(F)c1.COc1ccc(B2OC(C)(C)C(C)(C)O2)c(F)c1. The normalized spacial score (nSPS) is 15.4. The molecule has 0 N–H and O–H groups in total. The van der Waals surface area contributed by atoms with Crippen LogP contribution in [0.1, 0.15) is 38.1 Å². The van der Waals surface area contributed by atoms with Gasteiger partial charge in [0.25, 0.3) is 0 Å². The summed E-state index contributed by atoms with van der Waals surface area (Å²) >= 11 is 0. The van der Waals surface area contributed by atoms with E-state index in [0.29, 0.717) is 17.0 Å². The Balaban J connectivity index is 0.000000212. The Morgan fingerprint density at radius 2 is 1.18 bits per heavy atom. The number of ether oxygens (including phenoxy) is 3. The Kier molecular flexibility index (Phi) is 8.79. The van der Waals surface area contributed by atoms with Crippen LogP contribution in [-0.4, -0.2) is 45.6 Å². The molecule has 0 aromatic heterocycles. The maximum Gasteiger partial charge on any atom is 0.497 e. The fourth-order valence-electron chi connectivity index (χ4n) is 3.62. The van der Waals surface area contributed by atoms with Gasteiger partial charge in [0.2, 0.25) is 0 Å². The quantitative estimate of drug-likeness (QED) is 0.318. The van der Waals surface area contributed by atoms with Crippen LogP contribution in [0.15, 0.2) is 54.6 Å². The molecular weight excluding hydrogens is 500 g/mol. The maximum absolute atomic E-state index is 14.0. The first-order valence-corrected chi connectivity index (χ1v) is 11.7. The average molecular weight is 530 g/mol. The van der Waals surface area contributed by atoms with Crippen LogP contribution in [0, 0.1) is 17.5 Å². The molecule has 1 aliphatic rings. The summed E-state index contributed by atoms with van der Waals surface area (Å²) in [6.45, 7) is 7.76. The molecule has 6 nitrogen and oxygen atoms in total. The number of carbonyl (C=O) groups is 1. The third-order valence-electron chi connectivity index (χ3n) is 6.57. The highest BCUT2D eigenvalue weighted by Crippen LogP contribution is 2.36. The van der Waals surface area contributed by atoms with Crippen molar-refractivity contribution in [2.75, 3.05) is 21.3 Å². The molecule has 3 aromatic carbocycles. The van der Waals surface area contributed by atoms with Crippen LogP contribution in [0.25, 0.3) is 11.1 Å². The summed E-state index contributed by atoms with van der Waals surface area (Å²) in [6.07, 6.45) is 0. The van der Waals surface area contributed by atoms with E-state index >= 15 is 0 Å². The minimum atomic E-state index is -0.697. The van der Waals surface area contributed by atoms with Crippen LogP contribution in [0.4, 0.5) is 13.2 Å². The molecule has 1 heterocycles. The first kappa shape index (κ1) is 29.1. The zero-order valence-electron chi connectivity index (χ0n) is 22.4. The minimum Gasteiger partial charge on any atom is -0.497 e. The van der Waals surface area contributed by atoms with Crippen LogP contribution in [-0.2, 0) is 14.0 Å². The molecule has 3 aromatic rings. The maximum atomic E-state index is 14.0. The number of esters is 1. The lowest BCUT2D eigenvalue weighted by atomic mass is 9.78. The molecule has 38 heavy (non-hydrogen) atoms. The second-order valence-corrected chi connectivity index (χ2v) is 9.51. The second-order valence-electron chi connectivity index (χ2n) is 9.51. The lowest BCUT2D eigenvalue weighted by Gasteiger charge is -2.32. The molecule has 10 heteroatoms. The zero-order chi connectivity index (χ0) is 28.3. The predicted molar refractivity (Wildman–Crippen MR) is 138 cm³/mol. The van der Waals surface area contributed by atoms with E-state index in [-0.39, 0.29) is 22.5 Å². The molecule has 202 valence electrons. The summed E-state index contributed by atoms with van der Waals surface area (Å²) in [5.74, 6) is -1.50. The summed E-state index contributed by atoms with van der Waals surface area (Å²) in [5, 5.41) is 0. The van der Waals surface area contributed by atoms with Crippen molar-refractivity contribution in [2.45, 2.75) is 38.9 Å². The first-order chi connectivity index (χ1) is 17.8. The van der Waals surface area contributed by atoms with Gasteiger partial charge in [0.15, 0.2) is 0 Å². The first-order valence-electron chi connectivity index (χ1n) is 11.7. The zero-order valence-corrected chi connectivity index (χ0v) is 22.4. The van der Waals surface area contributed by atoms with E-state index in [9.17, 15) is 18.0 Å². The number of hydrogen-bond donors (Lipinski definition) is 0. The number of halogens is 3. The van der Waals surface area contributed by atoms with Gasteiger partial charge in [-0.05, 0) is 58.0 Å². The highest BCUT2D eigenvalue weighted by molar-refractivity contribution is 6.62. The van der Waals surface area contributed by atoms with Gasteiger partial charge in [-0.25, -0.2) is 18.0 Å². The molecule has 4 rings (SSSR count). The number of hydrogen-bond acceptors (Lipinski definition) is 6. The van der Waals surface area contributed by atoms with Crippen molar-refractivity contribution >= 4 is 18.6 Å². The highest BCUT2D eigenvalue weighted by Gasteiger charge is 2.52. The smallest absolute Gasteiger partial charge is 0.497 e. The van der Waals surface area contributed by atoms with E-state index in [1.165, 1.54) is 57.7 Å². The van der Waals surface area contributed by atoms with Gasteiger partial charge in [-0.1, -0.05) is 12.1 Å². The van der Waals surface area contributed by atoms with Crippen LogP contribution in [0.2, 0.25) is 0 Å². The lowest BCUT2D eigenvalue weighted by Crippen LogP contribution is -2.41. The van der Waals surface area contributed by atoms with Gasteiger partial charge in [0.1, 0.15) is 29.0 Å². The fourth-order valence-corrected chi connectivity index (χ4v) is 3.62. The number of carbonyl (C=O) groups excluding carboxylic acids is 1. The van der Waals surface area contributed by atoms with E-state index in [2.05, 4.69) is 4.74 Å². The summed E-state index contributed by atoms with van der Waals surface area (Å²) in [7, 11) is 3.45. The monoisotopic (exact) mass is 530 g/mol. The van der Waals surface area contributed by atoms with Crippen LogP contribution in [0.5, 0.6) is 11.5 Å². The van der Waals surface area contributed by atoms with Gasteiger partial charge in [-0.2, -0.15) is 0 Å². The van der Waals surface area contributed by atoms with Crippen molar-refractivity contribution in [2.24, 2.45) is 0 Å². The molecule has 1 fully saturated rings. The third kappa shape index (κ3) is 6.14. The Bertz CT molecular complexity index is 1300. The van der Waals surface area contributed by atoms with Crippen molar-refractivity contribution < 1.29 is 41.5 Å². The molecule has 0 saturated carbocycles. The highest BCUT2D eigenvalue weighted by atomic mass is 19.1. The standard InChI is InChI=1S/C15H12F2O3.C13H18BFO3/c1-19-10-4-6-12(14(17)8-10)11-5-3-9(7-13(11)16)15(18)20-2;1-12(2)13(3,4)18-14(17-12)10-7-6-9(16-5)8-11(10)15/h3-8H,1-2H3;6-8H,1-5H3. The van der Waals surface area contributed by atoms with E-state index in [1.807, 2.05) is 27.7 Å². The summed E-state index contributed by atoms with van der Waals surface area (Å²) in [6, 6.07) is 12.5. The van der Waals surface area contributed by atoms with Gasteiger partial charge >= 0.3 is 13.1 Å². The predicted octanol–water partition coefficient (Wildman–Crippen LogP) is 5.56. The van der Waals surface area contributed by atoms with Gasteiger partial charge in [0, 0.05) is 28.7 Å². The average Bonchev–Trinajstić information content (AvgIpc) is 3.10. The molecule has 1 aliphatic heterocycles. The summed E-state index contributed by atoms with van der Waals surface area (Å²) < 4.78 is 67.8. The van der Waals surface area contributed by atoms with Crippen molar-refractivity contribution in [3.05, 3.63) is 77.6 Å². The molecule has 0 bridgehead atoms. The number of methoxy groups -OCH3 is 3. The Labute approximate surface area is 220 Å². The second kappa shape index (κ2) is 11.5.